The molecular weight excluding hydrogens is 691 g/mol. The van der Waals surface area contributed by atoms with Crippen LogP contribution in [0.25, 0.3) is 0 Å². The minimum absolute atomic E-state index is 0.0446. The summed E-state index contributed by atoms with van der Waals surface area (Å²) < 4.78 is 17.2. The number of esters is 2. The predicted octanol–water partition coefficient (Wildman–Crippen LogP) is 11.4. The molecule has 0 saturated heterocycles. The number of carboxylic acid groups (broad SMARTS) is 1. The predicted molar refractivity (Wildman–Crippen MR) is 227 cm³/mol. The van der Waals surface area contributed by atoms with Crippen LogP contribution in [0.4, 0.5) is 0 Å². The molecule has 0 aromatic heterocycles. The summed E-state index contributed by atoms with van der Waals surface area (Å²) in [5.74, 6) is -1.73. The van der Waals surface area contributed by atoms with Crippen LogP contribution in [0.15, 0.2) is 12.2 Å². The third-order valence-electron chi connectivity index (χ3n) is 10.7. The largest absolute Gasteiger partial charge is 0.544 e. The van der Waals surface area contributed by atoms with Crippen molar-refractivity contribution in [1.29, 1.82) is 0 Å². The number of aliphatic carboxylic acids is 1. The van der Waals surface area contributed by atoms with E-state index in [1.54, 1.807) is 21.1 Å². The summed E-state index contributed by atoms with van der Waals surface area (Å²) in [6.07, 6.45) is 40.9. The molecule has 2 unspecified atom stereocenters. The van der Waals surface area contributed by atoms with Crippen LogP contribution < -0.4 is 5.11 Å². The Kier molecular flexibility index (Phi) is 37.6. The van der Waals surface area contributed by atoms with Crippen molar-refractivity contribution < 1.29 is 38.2 Å². The van der Waals surface area contributed by atoms with Crippen LogP contribution in [-0.2, 0) is 28.6 Å². The molecule has 0 aliphatic rings. The molecule has 0 fully saturated rings. The first-order valence-corrected chi connectivity index (χ1v) is 23.2. The SMILES string of the molecule is CCCCCCCCCC/C=C/CCCCCCCCCC(=O)OC(COCCC(C(=O)[O-])[N+](C)(C)C)COC(=O)CCCCCCCCCCCCCC. The van der Waals surface area contributed by atoms with Crippen LogP contribution in [0.2, 0.25) is 0 Å². The highest BCUT2D eigenvalue weighted by Gasteiger charge is 2.25. The fourth-order valence-corrected chi connectivity index (χ4v) is 7.01. The van der Waals surface area contributed by atoms with Crippen molar-refractivity contribution in [2.24, 2.45) is 0 Å². The third kappa shape index (κ3) is 37.4. The number of rotatable bonds is 42. The maximum atomic E-state index is 12.7. The van der Waals surface area contributed by atoms with Crippen LogP contribution in [0.3, 0.4) is 0 Å². The number of carbonyl (C=O) groups excluding carboxylic acids is 3. The van der Waals surface area contributed by atoms with E-state index in [1.807, 2.05) is 0 Å². The Hall–Kier alpha value is -1.93. The molecule has 324 valence electrons. The molecular formula is C47H89NO7. The topological polar surface area (TPSA) is 102 Å². The van der Waals surface area contributed by atoms with E-state index in [1.165, 1.54) is 148 Å². The van der Waals surface area contributed by atoms with Gasteiger partial charge < -0.3 is 28.6 Å². The number of hydrogen-bond acceptors (Lipinski definition) is 7. The first-order chi connectivity index (χ1) is 26.6. The molecule has 0 amide bonds. The van der Waals surface area contributed by atoms with Crippen molar-refractivity contribution >= 4 is 17.9 Å². The summed E-state index contributed by atoms with van der Waals surface area (Å²) in [5, 5.41) is 11.6. The standard InChI is InChI=1S/C47H89NO7/c1-6-8-10-12-14-16-18-20-21-22-23-24-25-26-28-30-32-34-36-38-46(50)55-43(41-53-40-39-44(47(51)52)48(3,4)5)42-54-45(49)37-35-33-31-29-27-19-17-15-13-11-9-7-2/h22-23,43-44H,6-21,24-42H2,1-5H3/b23-22+. The molecule has 0 bridgehead atoms. The number of ether oxygens (including phenoxy) is 3. The Balaban J connectivity index is 4.27. The molecule has 0 rings (SSSR count). The third-order valence-corrected chi connectivity index (χ3v) is 10.7. The van der Waals surface area contributed by atoms with Crippen molar-refractivity contribution in [1.82, 2.24) is 0 Å². The fraction of sp³-hybridized carbons (Fsp3) is 0.894. The summed E-state index contributed by atoms with van der Waals surface area (Å²) in [5.41, 5.74) is 0. The molecule has 0 saturated carbocycles. The number of allylic oxidation sites excluding steroid dienone is 2. The highest BCUT2D eigenvalue weighted by molar-refractivity contribution is 5.70. The molecule has 8 heteroatoms. The van der Waals surface area contributed by atoms with Gasteiger partial charge in [0.25, 0.3) is 0 Å². The molecule has 0 aromatic rings. The first-order valence-electron chi connectivity index (χ1n) is 23.2. The van der Waals surface area contributed by atoms with Crippen molar-refractivity contribution in [3.63, 3.8) is 0 Å². The van der Waals surface area contributed by atoms with Gasteiger partial charge in [-0.2, -0.15) is 0 Å². The summed E-state index contributed by atoms with van der Waals surface area (Å²) >= 11 is 0. The van der Waals surface area contributed by atoms with E-state index in [9.17, 15) is 19.5 Å². The maximum absolute atomic E-state index is 12.7. The monoisotopic (exact) mass is 780 g/mol. The zero-order valence-electron chi connectivity index (χ0n) is 36.9. The summed E-state index contributed by atoms with van der Waals surface area (Å²) in [6, 6.07) is -0.722. The second-order valence-electron chi connectivity index (χ2n) is 17.0. The molecule has 8 nitrogen and oxygen atoms in total. The van der Waals surface area contributed by atoms with Crippen molar-refractivity contribution in [2.45, 2.75) is 231 Å². The average Bonchev–Trinajstić information content (AvgIpc) is 3.14. The van der Waals surface area contributed by atoms with Gasteiger partial charge in [0, 0.05) is 19.3 Å². The minimum atomic E-state index is -1.12. The Bertz CT molecular complexity index is 915. The van der Waals surface area contributed by atoms with E-state index < -0.39 is 18.1 Å². The van der Waals surface area contributed by atoms with Gasteiger partial charge in [-0.1, -0.05) is 174 Å². The van der Waals surface area contributed by atoms with E-state index in [2.05, 4.69) is 26.0 Å². The highest BCUT2D eigenvalue weighted by Crippen LogP contribution is 2.15. The number of unbranched alkanes of at least 4 members (excludes halogenated alkanes) is 26. The van der Waals surface area contributed by atoms with E-state index in [0.717, 1.165) is 38.5 Å². The zero-order valence-corrected chi connectivity index (χ0v) is 36.9. The number of hydrogen-bond donors (Lipinski definition) is 0. The van der Waals surface area contributed by atoms with Crippen molar-refractivity contribution in [2.75, 3.05) is 41.0 Å². The van der Waals surface area contributed by atoms with Crippen LogP contribution in [0, 0.1) is 0 Å². The zero-order chi connectivity index (χ0) is 40.7. The van der Waals surface area contributed by atoms with Gasteiger partial charge in [-0.05, 0) is 38.5 Å². The molecule has 0 aliphatic carbocycles. The Morgan fingerprint density at radius 1 is 0.527 bits per heavy atom. The van der Waals surface area contributed by atoms with Gasteiger partial charge in [0.15, 0.2) is 6.10 Å². The molecule has 2 atom stereocenters. The van der Waals surface area contributed by atoms with Gasteiger partial charge in [0.1, 0.15) is 12.6 Å². The first kappa shape index (κ1) is 53.1. The summed E-state index contributed by atoms with van der Waals surface area (Å²) in [4.78, 5) is 36.8. The van der Waals surface area contributed by atoms with Crippen molar-refractivity contribution in [3.05, 3.63) is 12.2 Å². The molecule has 0 N–H and O–H groups in total. The lowest BCUT2D eigenvalue weighted by atomic mass is 10.0. The number of carboxylic acids is 1. The molecule has 0 spiro atoms. The van der Waals surface area contributed by atoms with E-state index in [4.69, 9.17) is 14.2 Å². The van der Waals surface area contributed by atoms with Gasteiger partial charge >= 0.3 is 11.9 Å². The lowest BCUT2D eigenvalue weighted by molar-refractivity contribution is -0.889. The molecule has 0 aromatic carbocycles. The van der Waals surface area contributed by atoms with Gasteiger partial charge in [-0.3, -0.25) is 9.59 Å². The highest BCUT2D eigenvalue weighted by atomic mass is 16.6. The maximum Gasteiger partial charge on any atom is 0.306 e. The Morgan fingerprint density at radius 2 is 0.909 bits per heavy atom. The van der Waals surface area contributed by atoms with Gasteiger partial charge in [-0.15, -0.1) is 0 Å². The molecule has 55 heavy (non-hydrogen) atoms. The van der Waals surface area contributed by atoms with E-state index in [-0.39, 0.29) is 42.7 Å². The summed E-state index contributed by atoms with van der Waals surface area (Å²) in [6.45, 7) is 4.68. The van der Waals surface area contributed by atoms with Gasteiger partial charge in [0.2, 0.25) is 0 Å². The normalized spacial score (nSPS) is 13.0. The number of carbonyl (C=O) groups is 3. The molecule has 0 heterocycles. The average molecular weight is 780 g/mol. The van der Waals surface area contributed by atoms with Gasteiger partial charge in [-0.25, -0.2) is 0 Å². The van der Waals surface area contributed by atoms with Crippen LogP contribution in [-0.4, -0.2) is 75.5 Å². The van der Waals surface area contributed by atoms with Crippen LogP contribution in [0.1, 0.15) is 219 Å². The van der Waals surface area contributed by atoms with Gasteiger partial charge in [0.05, 0.1) is 40.3 Å². The van der Waals surface area contributed by atoms with E-state index >= 15 is 0 Å². The Morgan fingerprint density at radius 3 is 1.31 bits per heavy atom. The molecule has 0 radical (unpaired) electrons. The minimum Gasteiger partial charge on any atom is -0.544 e. The number of nitrogens with zero attached hydrogens (tertiary/aromatic N) is 1. The summed E-state index contributed by atoms with van der Waals surface area (Å²) in [7, 11) is 5.41. The van der Waals surface area contributed by atoms with Crippen LogP contribution in [0.5, 0.6) is 0 Å². The number of likely N-dealkylation sites (N-methyl/N-ethyl adjacent to an activating group) is 1. The second kappa shape index (κ2) is 38.9. The number of quaternary nitrogens is 1. The second-order valence-corrected chi connectivity index (χ2v) is 17.0. The smallest absolute Gasteiger partial charge is 0.306 e. The Labute approximate surface area is 339 Å². The van der Waals surface area contributed by atoms with Crippen LogP contribution >= 0.6 is 0 Å². The fourth-order valence-electron chi connectivity index (χ4n) is 7.01. The lowest BCUT2D eigenvalue weighted by Crippen LogP contribution is -2.55. The lowest BCUT2D eigenvalue weighted by Gasteiger charge is -2.34. The van der Waals surface area contributed by atoms with Crippen molar-refractivity contribution in [3.8, 4) is 0 Å². The van der Waals surface area contributed by atoms with E-state index in [0.29, 0.717) is 12.8 Å². The quantitative estimate of drug-likeness (QED) is 0.0263. The molecule has 0 aliphatic heterocycles.